The highest BCUT2D eigenvalue weighted by Crippen LogP contribution is 2.45. The average molecular weight is 1300 g/mol. The van der Waals surface area contributed by atoms with E-state index >= 15 is 0 Å². The Hall–Kier alpha value is -1.94. The van der Waals surface area contributed by atoms with Crippen molar-refractivity contribution in [3.8, 4) is 0 Å². The third kappa shape index (κ3) is 60.3. The number of unbranched alkanes of at least 4 members (excludes halogenated alkanes) is 33. The lowest BCUT2D eigenvalue weighted by atomic mass is 9.99. The van der Waals surface area contributed by atoms with Gasteiger partial charge in [-0.1, -0.05) is 292 Å². The number of hydrogen-bond acceptors (Lipinski definition) is 15. The largest absolute Gasteiger partial charge is 0.472 e. The number of aliphatic hydroxyl groups is 1. The first kappa shape index (κ1) is 86.1. The first-order valence-electron chi connectivity index (χ1n) is 35.9. The van der Waals surface area contributed by atoms with Gasteiger partial charge in [0.05, 0.1) is 26.4 Å². The Kier molecular flexibility index (Phi) is 58.7. The standard InChI is InChI=1S/C69H134O17P2/c1-8-11-12-13-14-15-16-17-18-19-20-25-28-38-45-52-68(73)85-64(56-79-66(71)50-43-36-27-24-22-21-23-26-34-41-48-61(6)9-2)58-83-87(75,76)81-54-63(70)55-82-88(77,78)84-59-65(57-80-67(72)51-44-37-31-29-33-40-47-60(4)5)86-69(74)53-46-39-32-30-35-42-49-62(7)10-3/h60-65,70H,8-59H2,1-7H3,(H,75,76)(H,77,78)/t61?,62?,63-,64-,65-/m1/s1. The van der Waals surface area contributed by atoms with E-state index in [4.69, 9.17) is 37.0 Å². The number of esters is 4. The number of carbonyl (C=O) groups is 4. The Labute approximate surface area is 537 Å². The second-order valence-electron chi connectivity index (χ2n) is 25.9. The monoisotopic (exact) mass is 1300 g/mol. The van der Waals surface area contributed by atoms with Crippen molar-refractivity contribution < 1.29 is 80.2 Å². The summed E-state index contributed by atoms with van der Waals surface area (Å²) in [7, 11) is -9.90. The molecule has 0 spiro atoms. The molecule has 0 heterocycles. The van der Waals surface area contributed by atoms with Gasteiger partial charge in [-0.25, -0.2) is 9.13 Å². The Bertz CT molecular complexity index is 1740. The van der Waals surface area contributed by atoms with Gasteiger partial charge in [0.1, 0.15) is 19.3 Å². The number of rotatable bonds is 67. The molecule has 0 bridgehead atoms. The van der Waals surface area contributed by atoms with Gasteiger partial charge in [-0.15, -0.1) is 0 Å². The molecule has 0 aromatic rings. The number of phosphoric acid groups is 2. The SMILES string of the molecule is CCCCCCCCCCCCCCCCCC(=O)O[C@H](COC(=O)CCCCCCCCCCCCC(C)CC)COP(=O)(O)OC[C@@H](O)COP(=O)(O)OC[C@@H](COC(=O)CCCCCCCCC(C)C)OC(=O)CCCCCCCCC(C)CC. The zero-order valence-electron chi connectivity index (χ0n) is 57.2. The molecule has 0 amide bonds. The summed E-state index contributed by atoms with van der Waals surface area (Å²) in [5.41, 5.74) is 0. The molecule has 7 atom stereocenters. The van der Waals surface area contributed by atoms with Crippen LogP contribution < -0.4 is 0 Å². The van der Waals surface area contributed by atoms with Crippen LogP contribution in [0.1, 0.15) is 344 Å². The summed E-state index contributed by atoms with van der Waals surface area (Å²) in [6.45, 7) is 11.7. The second kappa shape index (κ2) is 60.0. The third-order valence-corrected chi connectivity index (χ3v) is 18.5. The molecule has 0 radical (unpaired) electrons. The van der Waals surface area contributed by atoms with Crippen LogP contribution in [0.25, 0.3) is 0 Å². The van der Waals surface area contributed by atoms with Crippen LogP contribution in [-0.4, -0.2) is 96.7 Å². The molecule has 0 aromatic carbocycles. The van der Waals surface area contributed by atoms with Crippen LogP contribution in [0, 0.1) is 17.8 Å². The summed E-state index contributed by atoms with van der Waals surface area (Å²) in [6, 6.07) is 0. The van der Waals surface area contributed by atoms with Gasteiger partial charge in [0, 0.05) is 25.7 Å². The topological polar surface area (TPSA) is 237 Å². The molecule has 0 saturated heterocycles. The van der Waals surface area contributed by atoms with Gasteiger partial charge in [-0.2, -0.15) is 0 Å². The van der Waals surface area contributed by atoms with Crippen molar-refractivity contribution in [3.63, 3.8) is 0 Å². The normalized spacial score (nSPS) is 14.9. The van der Waals surface area contributed by atoms with Gasteiger partial charge < -0.3 is 33.8 Å². The molecule has 0 fully saturated rings. The maximum atomic E-state index is 13.0. The van der Waals surface area contributed by atoms with Gasteiger partial charge in [-0.3, -0.25) is 37.3 Å². The highest BCUT2D eigenvalue weighted by Gasteiger charge is 2.30. The van der Waals surface area contributed by atoms with Crippen molar-refractivity contribution in [2.24, 2.45) is 17.8 Å². The first-order valence-corrected chi connectivity index (χ1v) is 38.9. The molecule has 0 aliphatic rings. The van der Waals surface area contributed by atoms with Crippen molar-refractivity contribution in [1.82, 2.24) is 0 Å². The van der Waals surface area contributed by atoms with E-state index in [0.29, 0.717) is 31.6 Å². The summed E-state index contributed by atoms with van der Waals surface area (Å²) < 4.78 is 68.2. The molecule has 0 saturated carbocycles. The minimum absolute atomic E-state index is 0.102. The molecule has 522 valence electrons. The van der Waals surface area contributed by atoms with Crippen LogP contribution in [0.4, 0.5) is 0 Å². The molecule has 4 unspecified atom stereocenters. The molecule has 0 aliphatic heterocycles. The summed E-state index contributed by atoms with van der Waals surface area (Å²) >= 11 is 0. The van der Waals surface area contributed by atoms with Gasteiger partial charge in [0.2, 0.25) is 0 Å². The fourth-order valence-electron chi connectivity index (χ4n) is 10.3. The average Bonchev–Trinajstić information content (AvgIpc) is 3.65. The van der Waals surface area contributed by atoms with Crippen LogP contribution >= 0.6 is 15.6 Å². The number of hydrogen-bond donors (Lipinski definition) is 3. The fourth-order valence-corrected chi connectivity index (χ4v) is 11.9. The molecular weight excluding hydrogens is 1160 g/mol. The van der Waals surface area contributed by atoms with Gasteiger partial charge >= 0.3 is 39.5 Å². The number of ether oxygens (including phenoxy) is 4. The van der Waals surface area contributed by atoms with E-state index in [1.807, 2.05) is 0 Å². The lowest BCUT2D eigenvalue weighted by Crippen LogP contribution is -2.30. The van der Waals surface area contributed by atoms with Crippen molar-refractivity contribution in [3.05, 3.63) is 0 Å². The number of aliphatic hydroxyl groups excluding tert-OH is 1. The zero-order valence-corrected chi connectivity index (χ0v) is 59.0. The lowest BCUT2D eigenvalue weighted by molar-refractivity contribution is -0.161. The first-order chi connectivity index (χ1) is 42.3. The molecule has 19 heteroatoms. The minimum atomic E-state index is -4.95. The fraction of sp³-hybridized carbons (Fsp3) is 0.942. The van der Waals surface area contributed by atoms with Crippen molar-refractivity contribution in [2.75, 3.05) is 39.6 Å². The van der Waals surface area contributed by atoms with Crippen molar-refractivity contribution in [2.45, 2.75) is 362 Å². The van der Waals surface area contributed by atoms with E-state index in [9.17, 15) is 43.2 Å². The van der Waals surface area contributed by atoms with E-state index in [1.54, 1.807) is 0 Å². The Morgan fingerprint density at radius 2 is 0.580 bits per heavy atom. The second-order valence-corrected chi connectivity index (χ2v) is 28.8. The predicted molar refractivity (Wildman–Crippen MR) is 354 cm³/mol. The van der Waals surface area contributed by atoms with Crippen LogP contribution in [0.5, 0.6) is 0 Å². The van der Waals surface area contributed by atoms with E-state index in [2.05, 4.69) is 48.5 Å². The minimum Gasteiger partial charge on any atom is -0.462 e. The van der Waals surface area contributed by atoms with Crippen molar-refractivity contribution in [1.29, 1.82) is 0 Å². The van der Waals surface area contributed by atoms with Crippen molar-refractivity contribution >= 4 is 39.5 Å². The predicted octanol–water partition coefficient (Wildman–Crippen LogP) is 19.5. The van der Waals surface area contributed by atoms with Crippen LogP contribution in [-0.2, 0) is 65.4 Å². The molecule has 17 nitrogen and oxygen atoms in total. The zero-order chi connectivity index (χ0) is 65.2. The molecule has 0 rings (SSSR count). The lowest BCUT2D eigenvalue weighted by Gasteiger charge is -2.21. The molecule has 0 aliphatic carbocycles. The van der Waals surface area contributed by atoms with E-state index < -0.39 is 97.5 Å². The van der Waals surface area contributed by atoms with E-state index in [0.717, 1.165) is 108 Å². The van der Waals surface area contributed by atoms with E-state index in [1.165, 1.54) is 148 Å². The Balaban J connectivity index is 5.25. The summed E-state index contributed by atoms with van der Waals surface area (Å²) in [5, 5.41) is 10.6. The third-order valence-electron chi connectivity index (χ3n) is 16.6. The van der Waals surface area contributed by atoms with Gasteiger partial charge in [-0.05, 0) is 43.4 Å². The van der Waals surface area contributed by atoms with Crippen LogP contribution in [0.15, 0.2) is 0 Å². The maximum Gasteiger partial charge on any atom is 0.472 e. The maximum absolute atomic E-state index is 13.0. The van der Waals surface area contributed by atoms with Gasteiger partial charge in [0.15, 0.2) is 12.2 Å². The highest BCUT2D eigenvalue weighted by atomic mass is 31.2. The van der Waals surface area contributed by atoms with Crippen LogP contribution in [0.2, 0.25) is 0 Å². The number of phosphoric ester groups is 2. The Morgan fingerprint density at radius 1 is 0.330 bits per heavy atom. The Morgan fingerprint density at radius 3 is 0.864 bits per heavy atom. The number of carbonyl (C=O) groups excluding carboxylic acids is 4. The van der Waals surface area contributed by atoms with Crippen LogP contribution in [0.3, 0.4) is 0 Å². The quantitative estimate of drug-likeness (QED) is 0.0222. The highest BCUT2D eigenvalue weighted by molar-refractivity contribution is 7.47. The van der Waals surface area contributed by atoms with E-state index in [-0.39, 0.29) is 25.7 Å². The summed E-state index contributed by atoms with van der Waals surface area (Å²) in [6.07, 6.45) is 43.2. The molecular formula is C69H134O17P2. The summed E-state index contributed by atoms with van der Waals surface area (Å²) in [5.74, 6) is 0.0778. The summed E-state index contributed by atoms with van der Waals surface area (Å²) in [4.78, 5) is 72.4. The smallest absolute Gasteiger partial charge is 0.462 e. The molecule has 0 aromatic heterocycles. The molecule has 88 heavy (non-hydrogen) atoms. The molecule has 3 N–H and O–H groups in total. The van der Waals surface area contributed by atoms with Gasteiger partial charge in [0.25, 0.3) is 0 Å².